The Morgan fingerprint density at radius 3 is 2.83 bits per heavy atom. The lowest BCUT2D eigenvalue weighted by Crippen LogP contribution is -2.21. The summed E-state index contributed by atoms with van der Waals surface area (Å²) in [7, 11) is 1.75. The van der Waals surface area contributed by atoms with E-state index in [1.54, 1.807) is 11.9 Å². The topological polar surface area (TPSA) is 79.5 Å². The second-order valence-electron chi connectivity index (χ2n) is 3.96. The second kappa shape index (κ2) is 7.13. The van der Waals surface area contributed by atoms with Crippen molar-refractivity contribution in [3.63, 3.8) is 0 Å². The van der Waals surface area contributed by atoms with E-state index in [1.165, 1.54) is 12.3 Å². The Bertz CT molecular complexity index is 415. The Morgan fingerprint density at radius 2 is 2.22 bits per heavy atom. The summed E-state index contributed by atoms with van der Waals surface area (Å²) in [4.78, 5) is 16.1. The number of unbranched alkanes of at least 4 members (excludes halogenated alkanes) is 2. The number of pyridine rings is 1. The standard InChI is InChI=1S/C11H16ClN3O3/c1-14(5-3-2-4-6-16)11-10(15(17)18)7-9(12)8-13-11/h7-8,16H,2-6H2,1H3. The smallest absolute Gasteiger partial charge is 0.313 e. The van der Waals surface area contributed by atoms with Crippen LogP contribution in [0.1, 0.15) is 19.3 Å². The van der Waals surface area contributed by atoms with Crippen molar-refractivity contribution in [3.8, 4) is 0 Å². The van der Waals surface area contributed by atoms with Crippen molar-refractivity contribution in [2.45, 2.75) is 19.3 Å². The number of halogens is 1. The zero-order chi connectivity index (χ0) is 13.5. The normalized spacial score (nSPS) is 10.4. The predicted octanol–water partition coefficient (Wildman–Crippen LogP) is 2.24. The van der Waals surface area contributed by atoms with Gasteiger partial charge in [0.1, 0.15) is 0 Å². The van der Waals surface area contributed by atoms with Crippen LogP contribution in [-0.4, -0.2) is 35.2 Å². The van der Waals surface area contributed by atoms with Crippen molar-refractivity contribution in [2.75, 3.05) is 25.1 Å². The van der Waals surface area contributed by atoms with Crippen molar-refractivity contribution in [1.29, 1.82) is 0 Å². The molecule has 0 saturated heterocycles. The molecule has 1 aromatic rings. The minimum absolute atomic E-state index is 0.0906. The van der Waals surface area contributed by atoms with Gasteiger partial charge in [-0.2, -0.15) is 0 Å². The second-order valence-corrected chi connectivity index (χ2v) is 4.40. The van der Waals surface area contributed by atoms with Gasteiger partial charge < -0.3 is 10.0 Å². The molecule has 0 amide bonds. The van der Waals surface area contributed by atoms with Crippen LogP contribution in [0.5, 0.6) is 0 Å². The van der Waals surface area contributed by atoms with Crippen LogP contribution in [-0.2, 0) is 0 Å². The Hall–Kier alpha value is -1.40. The van der Waals surface area contributed by atoms with Gasteiger partial charge in [-0.05, 0) is 19.3 Å². The summed E-state index contributed by atoms with van der Waals surface area (Å²) in [6.07, 6.45) is 3.86. The molecule has 1 heterocycles. The summed E-state index contributed by atoms with van der Waals surface area (Å²) >= 11 is 5.70. The third-order valence-corrected chi connectivity index (χ3v) is 2.73. The fourth-order valence-corrected chi connectivity index (χ4v) is 1.75. The van der Waals surface area contributed by atoms with E-state index in [-0.39, 0.29) is 17.3 Å². The number of nitrogens with zero attached hydrogens (tertiary/aromatic N) is 3. The lowest BCUT2D eigenvalue weighted by molar-refractivity contribution is -0.384. The molecule has 1 rings (SSSR count). The molecule has 0 bridgehead atoms. The number of rotatable bonds is 7. The molecule has 0 aliphatic carbocycles. The molecule has 0 atom stereocenters. The minimum atomic E-state index is -0.488. The molecule has 0 aromatic carbocycles. The van der Waals surface area contributed by atoms with Crippen molar-refractivity contribution >= 4 is 23.1 Å². The van der Waals surface area contributed by atoms with Crippen molar-refractivity contribution in [2.24, 2.45) is 0 Å². The van der Waals surface area contributed by atoms with E-state index in [0.717, 1.165) is 19.3 Å². The van der Waals surface area contributed by atoms with Crippen LogP contribution in [0.15, 0.2) is 12.3 Å². The Balaban J connectivity index is 2.72. The van der Waals surface area contributed by atoms with Crippen LogP contribution in [0.25, 0.3) is 0 Å². The summed E-state index contributed by atoms with van der Waals surface area (Å²) in [5, 5.41) is 19.8. The van der Waals surface area contributed by atoms with Crippen LogP contribution in [0.3, 0.4) is 0 Å². The SMILES string of the molecule is CN(CCCCCO)c1ncc(Cl)cc1[N+](=O)[O-]. The molecular formula is C11H16ClN3O3. The van der Waals surface area contributed by atoms with E-state index in [0.29, 0.717) is 12.4 Å². The molecule has 0 aliphatic rings. The average molecular weight is 274 g/mol. The van der Waals surface area contributed by atoms with Gasteiger partial charge in [0.2, 0.25) is 5.82 Å². The molecule has 0 aliphatic heterocycles. The molecule has 0 unspecified atom stereocenters. The number of aromatic nitrogens is 1. The molecular weight excluding hydrogens is 258 g/mol. The van der Waals surface area contributed by atoms with Gasteiger partial charge >= 0.3 is 5.69 Å². The van der Waals surface area contributed by atoms with Crippen molar-refractivity contribution in [3.05, 3.63) is 27.4 Å². The maximum absolute atomic E-state index is 10.9. The summed E-state index contributed by atoms with van der Waals surface area (Å²) in [6.45, 7) is 0.818. The van der Waals surface area contributed by atoms with Gasteiger partial charge in [0.05, 0.1) is 9.95 Å². The monoisotopic (exact) mass is 273 g/mol. The van der Waals surface area contributed by atoms with Gasteiger partial charge in [-0.1, -0.05) is 11.6 Å². The molecule has 0 fully saturated rings. The van der Waals surface area contributed by atoms with Crippen molar-refractivity contribution in [1.82, 2.24) is 4.98 Å². The Labute approximate surface area is 110 Å². The molecule has 0 spiro atoms. The zero-order valence-electron chi connectivity index (χ0n) is 10.2. The molecule has 0 saturated carbocycles. The molecule has 0 radical (unpaired) electrons. The highest BCUT2D eigenvalue weighted by molar-refractivity contribution is 6.30. The average Bonchev–Trinajstić information content (AvgIpc) is 2.34. The molecule has 1 aromatic heterocycles. The van der Waals surface area contributed by atoms with E-state index in [2.05, 4.69) is 4.98 Å². The summed E-state index contributed by atoms with van der Waals surface area (Å²) in [5.41, 5.74) is -0.0906. The van der Waals surface area contributed by atoms with E-state index < -0.39 is 4.92 Å². The highest BCUT2D eigenvalue weighted by atomic mass is 35.5. The first-order valence-electron chi connectivity index (χ1n) is 5.68. The number of hydrogen-bond acceptors (Lipinski definition) is 5. The Morgan fingerprint density at radius 1 is 1.50 bits per heavy atom. The first-order chi connectivity index (χ1) is 8.56. The lowest BCUT2D eigenvalue weighted by Gasteiger charge is -2.17. The molecule has 6 nitrogen and oxygen atoms in total. The van der Waals surface area contributed by atoms with Gasteiger partial charge in [0.25, 0.3) is 0 Å². The first kappa shape index (κ1) is 14.7. The van der Waals surface area contributed by atoms with Crippen LogP contribution in [0.2, 0.25) is 5.02 Å². The van der Waals surface area contributed by atoms with Gasteiger partial charge in [0, 0.05) is 32.5 Å². The number of anilines is 1. The number of aliphatic hydroxyl groups is 1. The van der Waals surface area contributed by atoms with Crippen LogP contribution in [0, 0.1) is 10.1 Å². The molecule has 18 heavy (non-hydrogen) atoms. The zero-order valence-corrected chi connectivity index (χ0v) is 10.9. The van der Waals surface area contributed by atoms with E-state index in [1.807, 2.05) is 0 Å². The van der Waals surface area contributed by atoms with E-state index in [4.69, 9.17) is 16.7 Å². The predicted molar refractivity (Wildman–Crippen MR) is 70.1 cm³/mol. The molecule has 100 valence electrons. The summed E-state index contributed by atoms with van der Waals surface area (Å²) in [6, 6.07) is 1.30. The third kappa shape index (κ3) is 4.12. The highest BCUT2D eigenvalue weighted by Gasteiger charge is 2.19. The Kier molecular flexibility index (Phi) is 5.80. The molecule has 1 N–H and O–H groups in total. The van der Waals surface area contributed by atoms with Crippen LogP contribution < -0.4 is 4.90 Å². The molecule has 7 heteroatoms. The van der Waals surface area contributed by atoms with Gasteiger partial charge in [0.15, 0.2) is 0 Å². The maximum atomic E-state index is 10.9. The quantitative estimate of drug-likeness (QED) is 0.468. The van der Waals surface area contributed by atoms with Gasteiger partial charge in [-0.15, -0.1) is 0 Å². The van der Waals surface area contributed by atoms with Crippen LogP contribution >= 0.6 is 11.6 Å². The number of nitro groups is 1. The summed E-state index contributed by atoms with van der Waals surface area (Å²) in [5.74, 6) is 0.313. The van der Waals surface area contributed by atoms with Gasteiger partial charge in [-0.25, -0.2) is 4.98 Å². The fourth-order valence-electron chi connectivity index (χ4n) is 1.59. The number of hydrogen-bond donors (Lipinski definition) is 1. The fraction of sp³-hybridized carbons (Fsp3) is 0.545. The van der Waals surface area contributed by atoms with Crippen LogP contribution in [0.4, 0.5) is 11.5 Å². The summed E-state index contributed by atoms with van der Waals surface area (Å²) < 4.78 is 0. The first-order valence-corrected chi connectivity index (χ1v) is 6.06. The van der Waals surface area contributed by atoms with E-state index in [9.17, 15) is 10.1 Å². The van der Waals surface area contributed by atoms with Gasteiger partial charge in [-0.3, -0.25) is 10.1 Å². The highest BCUT2D eigenvalue weighted by Crippen LogP contribution is 2.27. The maximum Gasteiger partial charge on any atom is 0.313 e. The largest absolute Gasteiger partial charge is 0.396 e. The lowest BCUT2D eigenvalue weighted by atomic mass is 10.2. The minimum Gasteiger partial charge on any atom is -0.396 e. The third-order valence-electron chi connectivity index (χ3n) is 2.52. The number of aliphatic hydroxyl groups excluding tert-OH is 1. The van der Waals surface area contributed by atoms with Crippen molar-refractivity contribution < 1.29 is 10.0 Å². The van der Waals surface area contributed by atoms with E-state index >= 15 is 0 Å².